The van der Waals surface area contributed by atoms with Crippen LogP contribution in [0.1, 0.15) is 6.42 Å². The van der Waals surface area contributed by atoms with Gasteiger partial charge in [-0.25, -0.2) is 4.79 Å². The predicted octanol–water partition coefficient (Wildman–Crippen LogP) is 1.23. The standard InChI is InChI=1S/C14H12F3N3O4/c1-19-9-3-2-7(4-10(9)24-13(19)23)18-8-5-11(21)20(12(8)22)6-14(15,16)17/h2-4,8,18H,5-6H2,1H3. The van der Waals surface area contributed by atoms with Crippen LogP contribution >= 0.6 is 0 Å². The highest BCUT2D eigenvalue weighted by Crippen LogP contribution is 2.25. The van der Waals surface area contributed by atoms with E-state index in [4.69, 9.17) is 4.42 Å². The second kappa shape index (κ2) is 5.39. The monoisotopic (exact) mass is 343 g/mol. The molecule has 10 heteroatoms. The Kier molecular flexibility index (Phi) is 3.61. The Morgan fingerprint density at radius 1 is 1.29 bits per heavy atom. The van der Waals surface area contributed by atoms with Crippen LogP contribution in [0.3, 0.4) is 0 Å². The average molecular weight is 343 g/mol. The van der Waals surface area contributed by atoms with Crippen LogP contribution < -0.4 is 11.1 Å². The zero-order valence-electron chi connectivity index (χ0n) is 12.4. The van der Waals surface area contributed by atoms with E-state index in [0.29, 0.717) is 11.2 Å². The molecule has 2 aromatic rings. The molecular weight excluding hydrogens is 331 g/mol. The van der Waals surface area contributed by atoms with E-state index in [1.165, 1.54) is 17.7 Å². The minimum absolute atomic E-state index is 0.193. The summed E-state index contributed by atoms with van der Waals surface area (Å²) in [6.07, 6.45) is -5.02. The second-order valence-corrected chi connectivity index (χ2v) is 5.44. The highest BCUT2D eigenvalue weighted by Gasteiger charge is 2.44. The third-order valence-electron chi connectivity index (χ3n) is 3.71. The molecule has 128 valence electrons. The van der Waals surface area contributed by atoms with Crippen molar-refractivity contribution in [2.45, 2.75) is 18.6 Å². The largest absolute Gasteiger partial charge is 0.419 e. The number of oxazole rings is 1. The number of aryl methyl sites for hydroxylation is 1. The number of anilines is 1. The molecule has 1 aliphatic rings. The second-order valence-electron chi connectivity index (χ2n) is 5.44. The molecular formula is C14H12F3N3O4. The Morgan fingerprint density at radius 3 is 2.67 bits per heavy atom. The van der Waals surface area contributed by atoms with Crippen molar-refractivity contribution in [1.29, 1.82) is 0 Å². The Balaban J connectivity index is 1.80. The number of imide groups is 1. The molecule has 1 aromatic heterocycles. The van der Waals surface area contributed by atoms with Gasteiger partial charge >= 0.3 is 11.9 Å². The maximum absolute atomic E-state index is 12.4. The molecule has 2 heterocycles. The summed E-state index contributed by atoms with van der Waals surface area (Å²) in [7, 11) is 1.52. The third-order valence-corrected chi connectivity index (χ3v) is 3.71. The minimum atomic E-state index is -4.65. The van der Waals surface area contributed by atoms with Crippen LogP contribution in [0.2, 0.25) is 0 Å². The summed E-state index contributed by atoms with van der Waals surface area (Å²) in [5.74, 6) is -2.39. The molecule has 1 unspecified atom stereocenters. The van der Waals surface area contributed by atoms with E-state index in [0.717, 1.165) is 0 Å². The van der Waals surface area contributed by atoms with Crippen molar-refractivity contribution >= 4 is 28.6 Å². The van der Waals surface area contributed by atoms with Gasteiger partial charge in [0.25, 0.3) is 5.91 Å². The summed E-state index contributed by atoms with van der Waals surface area (Å²) in [5, 5.41) is 2.71. The highest BCUT2D eigenvalue weighted by molar-refractivity contribution is 6.07. The lowest BCUT2D eigenvalue weighted by Crippen LogP contribution is -2.40. The van der Waals surface area contributed by atoms with Crippen molar-refractivity contribution in [3.8, 4) is 0 Å². The van der Waals surface area contributed by atoms with E-state index in [9.17, 15) is 27.6 Å². The first-order valence-corrected chi connectivity index (χ1v) is 6.93. The number of nitrogens with zero attached hydrogens (tertiary/aromatic N) is 2. The van der Waals surface area contributed by atoms with Crippen molar-refractivity contribution in [2.24, 2.45) is 7.05 Å². The zero-order valence-corrected chi connectivity index (χ0v) is 12.4. The molecule has 0 spiro atoms. The van der Waals surface area contributed by atoms with Crippen LogP contribution in [0.4, 0.5) is 18.9 Å². The first-order valence-electron chi connectivity index (χ1n) is 6.93. The van der Waals surface area contributed by atoms with Crippen LogP contribution in [-0.4, -0.2) is 40.0 Å². The molecule has 0 aliphatic carbocycles. The normalized spacial score (nSPS) is 18.7. The fourth-order valence-electron chi connectivity index (χ4n) is 2.57. The van der Waals surface area contributed by atoms with Gasteiger partial charge in [0.05, 0.1) is 11.9 Å². The molecule has 2 amide bonds. The molecule has 0 radical (unpaired) electrons. The predicted molar refractivity (Wildman–Crippen MR) is 76.3 cm³/mol. The zero-order chi connectivity index (χ0) is 17.6. The number of aromatic nitrogens is 1. The van der Waals surface area contributed by atoms with Gasteiger partial charge in [0.1, 0.15) is 12.6 Å². The number of amides is 2. The first-order chi connectivity index (χ1) is 11.2. The Bertz CT molecular complexity index is 883. The number of fused-ring (bicyclic) bond motifs is 1. The Morgan fingerprint density at radius 2 is 2.00 bits per heavy atom. The molecule has 0 bridgehead atoms. The number of alkyl halides is 3. The van der Waals surface area contributed by atoms with Crippen molar-refractivity contribution in [2.75, 3.05) is 11.9 Å². The molecule has 7 nitrogen and oxygen atoms in total. The molecule has 3 rings (SSSR count). The fraction of sp³-hybridized carbons (Fsp3) is 0.357. The quantitative estimate of drug-likeness (QED) is 0.848. The lowest BCUT2D eigenvalue weighted by molar-refractivity contribution is -0.165. The maximum Gasteiger partial charge on any atom is 0.419 e. The van der Waals surface area contributed by atoms with Crippen molar-refractivity contribution in [1.82, 2.24) is 9.47 Å². The van der Waals surface area contributed by atoms with E-state index < -0.39 is 36.3 Å². The Labute approximate surface area is 132 Å². The lowest BCUT2D eigenvalue weighted by atomic mass is 10.2. The minimum Gasteiger partial charge on any atom is -0.408 e. The molecule has 1 aliphatic heterocycles. The number of carbonyl (C=O) groups is 2. The number of carbonyl (C=O) groups excluding carboxylic acids is 2. The topological polar surface area (TPSA) is 84.6 Å². The van der Waals surface area contributed by atoms with Crippen LogP contribution in [0.15, 0.2) is 27.4 Å². The van der Waals surface area contributed by atoms with Crippen molar-refractivity contribution in [3.05, 3.63) is 28.7 Å². The number of likely N-dealkylation sites (tertiary alicyclic amines) is 1. The SMILES string of the molecule is Cn1c(=O)oc2cc(NC3CC(=O)N(CC(F)(F)F)C3=O)ccc21. The van der Waals surface area contributed by atoms with E-state index in [1.807, 2.05) is 0 Å². The van der Waals surface area contributed by atoms with Gasteiger partial charge < -0.3 is 9.73 Å². The number of hydrogen-bond acceptors (Lipinski definition) is 5. The number of halogens is 3. The lowest BCUT2D eigenvalue weighted by Gasteiger charge is -2.17. The summed E-state index contributed by atoms with van der Waals surface area (Å²) in [6.45, 7) is -1.60. The van der Waals surface area contributed by atoms with E-state index in [-0.39, 0.29) is 16.9 Å². The molecule has 24 heavy (non-hydrogen) atoms. The third kappa shape index (κ3) is 2.86. The summed E-state index contributed by atoms with van der Waals surface area (Å²) >= 11 is 0. The van der Waals surface area contributed by atoms with Gasteiger partial charge in [0.2, 0.25) is 5.91 Å². The fourth-order valence-corrected chi connectivity index (χ4v) is 2.57. The summed E-state index contributed by atoms with van der Waals surface area (Å²) in [4.78, 5) is 35.2. The van der Waals surface area contributed by atoms with E-state index in [1.54, 1.807) is 12.1 Å². The molecule has 1 aromatic carbocycles. The smallest absolute Gasteiger partial charge is 0.408 e. The molecule has 1 atom stereocenters. The van der Waals surface area contributed by atoms with Gasteiger partial charge in [-0.2, -0.15) is 13.2 Å². The number of rotatable bonds is 3. The molecule has 1 N–H and O–H groups in total. The number of nitrogens with one attached hydrogen (secondary N) is 1. The van der Waals surface area contributed by atoms with Crippen LogP contribution in [0.5, 0.6) is 0 Å². The summed E-state index contributed by atoms with van der Waals surface area (Å²) < 4.78 is 43.5. The molecule has 1 saturated heterocycles. The molecule has 1 fully saturated rings. The van der Waals surface area contributed by atoms with Gasteiger partial charge in [0.15, 0.2) is 5.58 Å². The van der Waals surface area contributed by atoms with Crippen LogP contribution in [0, 0.1) is 0 Å². The average Bonchev–Trinajstić information content (AvgIpc) is 2.89. The summed E-state index contributed by atoms with van der Waals surface area (Å²) in [5.41, 5.74) is 1.14. The maximum atomic E-state index is 12.4. The van der Waals surface area contributed by atoms with Gasteiger partial charge in [0, 0.05) is 18.8 Å². The molecule has 0 saturated carbocycles. The highest BCUT2D eigenvalue weighted by atomic mass is 19.4. The van der Waals surface area contributed by atoms with Gasteiger partial charge in [-0.05, 0) is 12.1 Å². The summed E-state index contributed by atoms with van der Waals surface area (Å²) in [6, 6.07) is 3.47. The van der Waals surface area contributed by atoms with Crippen LogP contribution in [0.25, 0.3) is 11.1 Å². The van der Waals surface area contributed by atoms with Crippen molar-refractivity contribution < 1.29 is 27.2 Å². The number of hydrogen-bond donors (Lipinski definition) is 1. The van der Waals surface area contributed by atoms with E-state index in [2.05, 4.69) is 5.32 Å². The van der Waals surface area contributed by atoms with Gasteiger partial charge in [-0.3, -0.25) is 19.1 Å². The van der Waals surface area contributed by atoms with Gasteiger partial charge in [-0.1, -0.05) is 0 Å². The first kappa shape index (κ1) is 16.1. The van der Waals surface area contributed by atoms with Crippen LogP contribution in [-0.2, 0) is 16.6 Å². The van der Waals surface area contributed by atoms with Crippen molar-refractivity contribution in [3.63, 3.8) is 0 Å². The van der Waals surface area contributed by atoms with Gasteiger partial charge in [-0.15, -0.1) is 0 Å². The van der Waals surface area contributed by atoms with E-state index >= 15 is 0 Å². The number of benzene rings is 1. The Hall–Kier alpha value is -2.78.